The molecule has 0 atom stereocenters. The summed E-state index contributed by atoms with van der Waals surface area (Å²) in [7, 11) is -0.662. The molecule has 0 radical (unpaired) electrons. The molecule has 0 saturated heterocycles. The Labute approximate surface area is 92.2 Å². The maximum Gasteiger partial charge on any atom is 0.263 e. The van der Waals surface area contributed by atoms with Crippen LogP contribution >= 0.6 is 10.9 Å². The van der Waals surface area contributed by atoms with E-state index in [0.29, 0.717) is 0 Å². The second kappa shape index (κ2) is 4.66. The van der Waals surface area contributed by atoms with Crippen LogP contribution in [0.25, 0.3) is 0 Å². The van der Waals surface area contributed by atoms with Gasteiger partial charge in [0.05, 0.1) is 0 Å². The van der Waals surface area contributed by atoms with Crippen LogP contribution in [0.15, 0.2) is 12.1 Å². The van der Waals surface area contributed by atoms with Gasteiger partial charge >= 0.3 is 0 Å². The van der Waals surface area contributed by atoms with Crippen LogP contribution in [-0.4, -0.2) is 17.8 Å². The third-order valence-electron chi connectivity index (χ3n) is 2.14. The summed E-state index contributed by atoms with van der Waals surface area (Å²) in [5.41, 5.74) is 2.26. The highest BCUT2D eigenvalue weighted by atomic mass is 32.2. The van der Waals surface area contributed by atoms with Crippen LogP contribution in [0.5, 0.6) is 0 Å². The number of aryl methyl sites for hydroxylation is 2. The smallest absolute Gasteiger partial charge is 0.263 e. The van der Waals surface area contributed by atoms with Crippen LogP contribution < -0.4 is 5.32 Å². The van der Waals surface area contributed by atoms with Crippen molar-refractivity contribution in [2.24, 2.45) is 0 Å². The van der Waals surface area contributed by atoms with E-state index in [1.165, 1.54) is 12.1 Å². The van der Waals surface area contributed by atoms with E-state index in [2.05, 4.69) is 5.32 Å². The molecule has 4 heteroatoms. The van der Waals surface area contributed by atoms with E-state index < -0.39 is 10.9 Å². The Kier molecular flexibility index (Phi) is 3.74. The number of benzene rings is 1. The average molecular weight is 229 g/mol. The normalized spacial score (nSPS) is 11.1. The van der Waals surface area contributed by atoms with Gasteiger partial charge in [0.15, 0.2) is 0 Å². The van der Waals surface area contributed by atoms with Crippen LogP contribution in [0.1, 0.15) is 11.1 Å². The Hall–Kier alpha value is -1.03. The minimum atomic E-state index is -0.662. The van der Waals surface area contributed by atoms with E-state index >= 15 is 0 Å². The van der Waals surface area contributed by atoms with E-state index in [9.17, 15) is 9.18 Å². The number of hydrogen-bond donors (Lipinski definition) is 2. The van der Waals surface area contributed by atoms with E-state index in [1.807, 2.05) is 12.5 Å². The van der Waals surface area contributed by atoms with Crippen molar-refractivity contribution in [2.45, 2.75) is 13.8 Å². The Bertz CT molecular complexity index is 367. The molecule has 84 valence electrons. The van der Waals surface area contributed by atoms with Crippen molar-refractivity contribution in [2.75, 3.05) is 17.8 Å². The van der Waals surface area contributed by atoms with Gasteiger partial charge in [-0.05, 0) is 49.6 Å². The molecule has 0 aliphatic rings. The molecule has 1 aromatic carbocycles. The molecule has 0 heterocycles. The lowest BCUT2D eigenvalue weighted by molar-refractivity contribution is 0.269. The Morgan fingerprint density at radius 2 is 1.73 bits per heavy atom. The van der Waals surface area contributed by atoms with Gasteiger partial charge in [-0.25, -0.2) is 4.39 Å². The molecule has 0 unspecified atom stereocenters. The number of carbonyl (C=O) groups is 1. The number of anilines is 1. The zero-order chi connectivity index (χ0) is 11.6. The number of hydrogen-bond acceptors (Lipinski definition) is 1. The van der Waals surface area contributed by atoms with Crippen LogP contribution in [0.2, 0.25) is 0 Å². The number of carbonyl (C=O) groups excluding carboxylic acids is 1. The van der Waals surface area contributed by atoms with Crippen molar-refractivity contribution in [3.63, 3.8) is 0 Å². The second-order valence-corrected chi connectivity index (χ2v) is 5.93. The summed E-state index contributed by atoms with van der Waals surface area (Å²) < 4.78 is 13.0. The molecule has 1 amide bonds. The van der Waals surface area contributed by atoms with Gasteiger partial charge in [0.2, 0.25) is 0 Å². The standard InChI is InChI=1S/C11H16FNOS/c1-7-5-9(12)6-8(2)10(7)13-11(14)15(3)4/h5-6,15H,1-4H3,(H,13,14). The average Bonchev–Trinajstić information content (AvgIpc) is 2.10. The molecule has 0 spiro atoms. The summed E-state index contributed by atoms with van der Waals surface area (Å²) in [5.74, 6) is -0.265. The zero-order valence-corrected chi connectivity index (χ0v) is 10.3. The van der Waals surface area contributed by atoms with Gasteiger partial charge in [-0.3, -0.25) is 4.79 Å². The fourth-order valence-corrected chi connectivity index (χ4v) is 1.66. The minimum Gasteiger partial charge on any atom is -0.318 e. The molecular weight excluding hydrogens is 213 g/mol. The molecule has 1 N–H and O–H groups in total. The topological polar surface area (TPSA) is 29.1 Å². The van der Waals surface area contributed by atoms with Gasteiger partial charge < -0.3 is 5.32 Å². The van der Waals surface area contributed by atoms with E-state index in [1.54, 1.807) is 13.8 Å². The first kappa shape index (κ1) is 12.0. The van der Waals surface area contributed by atoms with Crippen molar-refractivity contribution in [1.29, 1.82) is 0 Å². The molecule has 0 saturated carbocycles. The van der Waals surface area contributed by atoms with Crippen LogP contribution in [0.4, 0.5) is 14.9 Å². The Morgan fingerprint density at radius 1 is 1.27 bits per heavy atom. The summed E-state index contributed by atoms with van der Waals surface area (Å²) in [6.45, 7) is 3.58. The van der Waals surface area contributed by atoms with Crippen LogP contribution in [-0.2, 0) is 0 Å². The number of amides is 1. The number of rotatable bonds is 1. The number of thiol groups is 1. The first-order valence-corrected chi connectivity index (χ1v) is 6.90. The lowest BCUT2D eigenvalue weighted by Gasteiger charge is -2.14. The molecule has 1 aromatic rings. The summed E-state index contributed by atoms with van der Waals surface area (Å²) in [5, 5.41) is 2.84. The fourth-order valence-electron chi connectivity index (χ4n) is 1.33. The highest BCUT2D eigenvalue weighted by molar-refractivity contribution is 8.28. The van der Waals surface area contributed by atoms with Crippen molar-refractivity contribution < 1.29 is 9.18 Å². The molecule has 0 aliphatic heterocycles. The van der Waals surface area contributed by atoms with Gasteiger partial charge in [0, 0.05) is 5.69 Å². The lowest BCUT2D eigenvalue weighted by Crippen LogP contribution is -2.11. The van der Waals surface area contributed by atoms with Gasteiger partial charge in [0.1, 0.15) is 5.82 Å². The van der Waals surface area contributed by atoms with Gasteiger partial charge in [-0.1, -0.05) is 0 Å². The van der Waals surface area contributed by atoms with E-state index in [0.717, 1.165) is 16.8 Å². The van der Waals surface area contributed by atoms with Gasteiger partial charge in [-0.2, -0.15) is 10.9 Å². The summed E-state index contributed by atoms with van der Waals surface area (Å²) in [4.78, 5) is 11.5. The molecule has 15 heavy (non-hydrogen) atoms. The number of halogens is 1. The Morgan fingerprint density at radius 3 is 2.13 bits per heavy atom. The second-order valence-electron chi connectivity index (χ2n) is 3.74. The number of nitrogens with one attached hydrogen (secondary N) is 1. The highest BCUT2D eigenvalue weighted by Crippen LogP contribution is 2.25. The predicted octanol–water partition coefficient (Wildman–Crippen LogP) is 3.24. The predicted molar refractivity (Wildman–Crippen MR) is 65.7 cm³/mol. The van der Waals surface area contributed by atoms with Crippen LogP contribution in [0, 0.1) is 19.7 Å². The third-order valence-corrected chi connectivity index (χ3v) is 3.06. The Balaban J connectivity index is 3.00. The molecule has 0 bridgehead atoms. The van der Waals surface area contributed by atoms with Crippen molar-refractivity contribution in [3.05, 3.63) is 29.1 Å². The van der Waals surface area contributed by atoms with Crippen molar-refractivity contribution in [3.8, 4) is 0 Å². The quantitative estimate of drug-likeness (QED) is 0.711. The monoisotopic (exact) mass is 229 g/mol. The van der Waals surface area contributed by atoms with Crippen molar-refractivity contribution in [1.82, 2.24) is 0 Å². The van der Waals surface area contributed by atoms with Gasteiger partial charge in [-0.15, -0.1) is 0 Å². The molecule has 0 fully saturated rings. The summed E-state index contributed by atoms with van der Waals surface area (Å²) >= 11 is 0. The maximum atomic E-state index is 13.0. The fraction of sp³-hybridized carbons (Fsp3) is 0.364. The summed E-state index contributed by atoms with van der Waals surface area (Å²) in [6.07, 6.45) is 3.78. The SMILES string of the molecule is Cc1cc(F)cc(C)c1NC(=O)[SH](C)C. The highest BCUT2D eigenvalue weighted by Gasteiger charge is 2.09. The molecule has 2 nitrogen and oxygen atoms in total. The molecule has 0 aromatic heterocycles. The molecule has 1 rings (SSSR count). The molecule has 0 aliphatic carbocycles. The lowest BCUT2D eigenvalue weighted by atomic mass is 10.1. The van der Waals surface area contributed by atoms with E-state index in [-0.39, 0.29) is 11.1 Å². The third kappa shape index (κ3) is 2.96. The van der Waals surface area contributed by atoms with E-state index in [4.69, 9.17) is 0 Å². The van der Waals surface area contributed by atoms with Crippen molar-refractivity contribution >= 4 is 21.8 Å². The first-order valence-electron chi connectivity index (χ1n) is 4.67. The largest absolute Gasteiger partial charge is 0.318 e. The first-order chi connectivity index (χ1) is 6.91. The maximum absolute atomic E-state index is 13.0. The molecular formula is C11H16FNOS. The minimum absolute atomic E-state index is 0.0165. The van der Waals surface area contributed by atoms with Gasteiger partial charge in [0.25, 0.3) is 5.24 Å². The summed E-state index contributed by atoms with van der Waals surface area (Å²) in [6, 6.07) is 2.85. The zero-order valence-electron chi connectivity index (χ0n) is 9.39. The van der Waals surface area contributed by atoms with Crippen LogP contribution in [0.3, 0.4) is 0 Å².